The first kappa shape index (κ1) is 19.9. The molecule has 1 N–H and O–H groups in total. The molecule has 28 heavy (non-hydrogen) atoms. The number of nitrogens with zero attached hydrogens (tertiary/aromatic N) is 4. The maximum absolute atomic E-state index is 12.1. The second-order valence-electron chi connectivity index (χ2n) is 6.36. The summed E-state index contributed by atoms with van der Waals surface area (Å²) in [5.41, 5.74) is 3.23. The van der Waals surface area contributed by atoms with Crippen LogP contribution in [0.5, 0.6) is 5.75 Å². The zero-order valence-corrected chi connectivity index (χ0v) is 17.0. The molecular weight excluding hydrogens is 374 g/mol. The summed E-state index contributed by atoms with van der Waals surface area (Å²) < 4.78 is 7.59. The molecule has 2 aromatic heterocycles. The van der Waals surface area contributed by atoms with Gasteiger partial charge in [-0.25, -0.2) is 0 Å². The number of hydrogen-bond donors (Lipinski definition) is 1. The minimum Gasteiger partial charge on any atom is -0.491 e. The summed E-state index contributed by atoms with van der Waals surface area (Å²) in [6, 6.07) is 9.79. The van der Waals surface area contributed by atoms with E-state index >= 15 is 0 Å². The van der Waals surface area contributed by atoms with E-state index in [-0.39, 0.29) is 11.7 Å². The van der Waals surface area contributed by atoms with E-state index in [1.54, 1.807) is 12.4 Å². The minimum atomic E-state index is -0.0670. The average Bonchev–Trinajstić information content (AvgIpc) is 3.06. The van der Waals surface area contributed by atoms with Crippen LogP contribution >= 0.6 is 11.8 Å². The van der Waals surface area contributed by atoms with Crippen LogP contribution in [-0.2, 0) is 11.8 Å². The van der Waals surface area contributed by atoms with Crippen LogP contribution in [0.3, 0.4) is 0 Å². The SMILES string of the molecule is Cc1ccc(OCCNC(=O)CSc2nnc(-c3ccncc3)n2C)c(C)c1. The van der Waals surface area contributed by atoms with Crippen molar-refractivity contribution < 1.29 is 9.53 Å². The molecular formula is C20H23N5O2S. The van der Waals surface area contributed by atoms with Crippen LogP contribution in [0.1, 0.15) is 11.1 Å². The van der Waals surface area contributed by atoms with Crippen LogP contribution in [-0.4, -0.2) is 44.6 Å². The number of nitrogens with one attached hydrogen (secondary N) is 1. The number of carbonyl (C=O) groups excluding carboxylic acids is 1. The van der Waals surface area contributed by atoms with Gasteiger partial charge in [-0.3, -0.25) is 9.78 Å². The molecule has 0 saturated heterocycles. The molecule has 3 aromatic rings. The number of amides is 1. The fourth-order valence-electron chi connectivity index (χ4n) is 2.69. The Morgan fingerprint density at radius 2 is 1.96 bits per heavy atom. The third-order valence-corrected chi connectivity index (χ3v) is 5.14. The zero-order chi connectivity index (χ0) is 19.9. The van der Waals surface area contributed by atoms with E-state index in [9.17, 15) is 4.79 Å². The molecule has 0 spiro atoms. The van der Waals surface area contributed by atoms with E-state index in [0.717, 1.165) is 22.7 Å². The molecule has 7 nitrogen and oxygen atoms in total. The Hall–Kier alpha value is -2.87. The molecule has 146 valence electrons. The first-order valence-corrected chi connectivity index (χ1v) is 9.92. The van der Waals surface area contributed by atoms with Crippen LogP contribution < -0.4 is 10.1 Å². The van der Waals surface area contributed by atoms with Gasteiger partial charge in [-0.2, -0.15) is 0 Å². The van der Waals surface area contributed by atoms with Crippen LogP contribution in [0.25, 0.3) is 11.4 Å². The van der Waals surface area contributed by atoms with Gasteiger partial charge in [-0.05, 0) is 37.6 Å². The van der Waals surface area contributed by atoms with Gasteiger partial charge >= 0.3 is 0 Å². The monoisotopic (exact) mass is 397 g/mol. The molecule has 0 aliphatic rings. The van der Waals surface area contributed by atoms with E-state index in [1.807, 2.05) is 49.7 Å². The van der Waals surface area contributed by atoms with Crippen molar-refractivity contribution in [3.05, 3.63) is 53.9 Å². The van der Waals surface area contributed by atoms with Crippen LogP contribution in [0, 0.1) is 13.8 Å². The van der Waals surface area contributed by atoms with Crippen molar-refractivity contribution >= 4 is 17.7 Å². The number of pyridine rings is 1. The Morgan fingerprint density at radius 1 is 1.18 bits per heavy atom. The summed E-state index contributed by atoms with van der Waals surface area (Å²) in [6.45, 7) is 4.94. The van der Waals surface area contributed by atoms with E-state index in [4.69, 9.17) is 4.74 Å². The number of hydrogen-bond acceptors (Lipinski definition) is 6. The maximum Gasteiger partial charge on any atom is 0.230 e. The van der Waals surface area contributed by atoms with Gasteiger partial charge in [-0.1, -0.05) is 29.5 Å². The van der Waals surface area contributed by atoms with Gasteiger partial charge in [-0.15, -0.1) is 10.2 Å². The molecule has 0 saturated carbocycles. The summed E-state index contributed by atoms with van der Waals surface area (Å²) in [7, 11) is 1.88. The van der Waals surface area contributed by atoms with Crippen molar-refractivity contribution in [2.45, 2.75) is 19.0 Å². The number of thioether (sulfide) groups is 1. The zero-order valence-electron chi connectivity index (χ0n) is 16.2. The Labute approximate surface area is 168 Å². The largest absolute Gasteiger partial charge is 0.491 e. The van der Waals surface area contributed by atoms with Gasteiger partial charge in [0.05, 0.1) is 12.3 Å². The third kappa shape index (κ3) is 5.10. The first-order valence-electron chi connectivity index (χ1n) is 8.94. The predicted molar refractivity (Wildman–Crippen MR) is 109 cm³/mol. The maximum atomic E-state index is 12.1. The molecule has 0 bridgehead atoms. The Balaban J connectivity index is 1.43. The number of rotatable bonds is 8. The lowest BCUT2D eigenvalue weighted by Crippen LogP contribution is -2.29. The van der Waals surface area contributed by atoms with Crippen LogP contribution in [0.15, 0.2) is 47.9 Å². The van der Waals surface area contributed by atoms with Gasteiger partial charge in [0, 0.05) is 25.0 Å². The van der Waals surface area contributed by atoms with Crippen molar-refractivity contribution in [1.82, 2.24) is 25.1 Å². The number of benzene rings is 1. The molecule has 1 amide bonds. The molecule has 1 aromatic carbocycles. The summed E-state index contributed by atoms with van der Waals surface area (Å²) >= 11 is 1.35. The number of aryl methyl sites for hydroxylation is 2. The van der Waals surface area contributed by atoms with E-state index in [0.29, 0.717) is 18.3 Å². The highest BCUT2D eigenvalue weighted by molar-refractivity contribution is 7.99. The van der Waals surface area contributed by atoms with Crippen molar-refractivity contribution in [3.63, 3.8) is 0 Å². The van der Waals surface area contributed by atoms with Crippen molar-refractivity contribution in [2.24, 2.45) is 7.05 Å². The van der Waals surface area contributed by atoms with E-state index < -0.39 is 0 Å². The molecule has 3 rings (SSSR count). The molecule has 0 radical (unpaired) electrons. The fourth-order valence-corrected chi connectivity index (χ4v) is 3.43. The number of ether oxygens (including phenoxy) is 1. The number of aromatic nitrogens is 4. The fraction of sp³-hybridized carbons (Fsp3) is 0.300. The molecule has 0 fully saturated rings. The topological polar surface area (TPSA) is 81.9 Å². The van der Waals surface area contributed by atoms with Crippen molar-refractivity contribution in [2.75, 3.05) is 18.9 Å². The minimum absolute atomic E-state index is 0.0670. The summed E-state index contributed by atoms with van der Waals surface area (Å²) in [5, 5.41) is 11.9. The normalized spacial score (nSPS) is 10.7. The summed E-state index contributed by atoms with van der Waals surface area (Å²) in [6.07, 6.45) is 3.43. The number of carbonyl (C=O) groups is 1. The Kier molecular flexibility index (Phi) is 6.65. The smallest absolute Gasteiger partial charge is 0.230 e. The molecule has 0 aliphatic heterocycles. The van der Waals surface area contributed by atoms with E-state index in [2.05, 4.69) is 26.6 Å². The van der Waals surface area contributed by atoms with Crippen LogP contribution in [0.2, 0.25) is 0 Å². The Morgan fingerprint density at radius 3 is 2.71 bits per heavy atom. The lowest BCUT2D eigenvalue weighted by Gasteiger charge is -2.10. The van der Waals surface area contributed by atoms with Crippen LogP contribution in [0.4, 0.5) is 0 Å². The van der Waals surface area contributed by atoms with Crippen molar-refractivity contribution in [1.29, 1.82) is 0 Å². The summed E-state index contributed by atoms with van der Waals surface area (Å²) in [5.74, 6) is 1.79. The predicted octanol–water partition coefficient (Wildman–Crippen LogP) is 2.78. The second kappa shape index (κ2) is 9.36. The van der Waals surface area contributed by atoms with Gasteiger partial charge in [0.2, 0.25) is 5.91 Å². The van der Waals surface area contributed by atoms with Gasteiger partial charge < -0.3 is 14.6 Å². The van der Waals surface area contributed by atoms with Gasteiger partial charge in [0.25, 0.3) is 0 Å². The standard InChI is InChI=1S/C20H23N5O2S/c1-14-4-5-17(15(2)12-14)27-11-10-22-18(26)13-28-20-24-23-19(25(20)3)16-6-8-21-9-7-16/h4-9,12H,10-11,13H2,1-3H3,(H,22,26). The quantitative estimate of drug-likeness (QED) is 0.465. The molecule has 0 atom stereocenters. The third-order valence-electron chi connectivity index (χ3n) is 4.12. The molecule has 2 heterocycles. The van der Waals surface area contributed by atoms with Crippen molar-refractivity contribution in [3.8, 4) is 17.1 Å². The lowest BCUT2D eigenvalue weighted by atomic mass is 10.1. The lowest BCUT2D eigenvalue weighted by molar-refractivity contribution is -0.118. The highest BCUT2D eigenvalue weighted by atomic mass is 32.2. The van der Waals surface area contributed by atoms with E-state index in [1.165, 1.54) is 17.3 Å². The highest BCUT2D eigenvalue weighted by Gasteiger charge is 2.12. The second-order valence-corrected chi connectivity index (χ2v) is 7.30. The molecule has 0 aliphatic carbocycles. The van der Waals surface area contributed by atoms with Gasteiger partial charge in [0.15, 0.2) is 11.0 Å². The molecule has 8 heteroatoms. The van der Waals surface area contributed by atoms with Gasteiger partial charge in [0.1, 0.15) is 12.4 Å². The average molecular weight is 398 g/mol. The molecule has 0 unspecified atom stereocenters. The first-order chi connectivity index (χ1) is 13.5. The summed E-state index contributed by atoms with van der Waals surface area (Å²) in [4.78, 5) is 16.1. The highest BCUT2D eigenvalue weighted by Crippen LogP contribution is 2.22. The Bertz CT molecular complexity index is 943.